The number of aliphatic hydroxyl groups is 1. The lowest BCUT2D eigenvalue weighted by Crippen LogP contribution is -2.39. The Bertz CT molecular complexity index is 1060. The number of aliphatic hydroxyl groups excluding tert-OH is 1. The van der Waals surface area contributed by atoms with Gasteiger partial charge in [-0.05, 0) is 24.6 Å². The second kappa shape index (κ2) is 6.75. The minimum Gasteiger partial charge on any atom is -0.392 e. The van der Waals surface area contributed by atoms with Crippen LogP contribution in [0.15, 0.2) is 33.9 Å². The number of benzene rings is 1. The number of hydrogen-bond donors (Lipinski definition) is 2. The molecule has 0 saturated carbocycles. The van der Waals surface area contributed by atoms with E-state index in [1.807, 2.05) is 0 Å². The molecular formula is C17H20FN5O3. The van der Waals surface area contributed by atoms with Gasteiger partial charge in [0.15, 0.2) is 11.2 Å². The molecule has 0 aliphatic rings. The Morgan fingerprint density at radius 2 is 1.85 bits per heavy atom. The van der Waals surface area contributed by atoms with Crippen LogP contribution in [0.3, 0.4) is 0 Å². The van der Waals surface area contributed by atoms with Gasteiger partial charge in [0, 0.05) is 20.6 Å². The van der Waals surface area contributed by atoms with E-state index in [4.69, 9.17) is 0 Å². The van der Waals surface area contributed by atoms with Crippen LogP contribution in [0, 0.1) is 5.82 Å². The van der Waals surface area contributed by atoms with Gasteiger partial charge in [-0.15, -0.1) is 0 Å². The summed E-state index contributed by atoms with van der Waals surface area (Å²) in [5, 5.41) is 12.4. The van der Waals surface area contributed by atoms with Crippen LogP contribution >= 0.6 is 0 Å². The zero-order chi connectivity index (χ0) is 19.0. The third-order valence-electron chi connectivity index (χ3n) is 4.17. The van der Waals surface area contributed by atoms with Gasteiger partial charge in [-0.2, -0.15) is 4.98 Å². The maximum absolute atomic E-state index is 13.1. The highest BCUT2D eigenvalue weighted by Crippen LogP contribution is 2.13. The maximum atomic E-state index is 13.1. The molecule has 0 aliphatic carbocycles. The topological polar surface area (TPSA) is 94.1 Å². The number of fused-ring (bicyclic) bond motifs is 1. The van der Waals surface area contributed by atoms with Gasteiger partial charge in [0.05, 0.1) is 12.6 Å². The van der Waals surface area contributed by atoms with E-state index < -0.39 is 17.4 Å². The maximum Gasteiger partial charge on any atom is 0.332 e. The van der Waals surface area contributed by atoms with Crippen molar-refractivity contribution in [3.8, 4) is 0 Å². The number of hydrogen-bond acceptors (Lipinski definition) is 5. The Labute approximate surface area is 148 Å². The van der Waals surface area contributed by atoms with Gasteiger partial charge in [-0.3, -0.25) is 13.9 Å². The number of nitrogens with one attached hydrogen (secondary N) is 1. The van der Waals surface area contributed by atoms with Gasteiger partial charge in [-0.25, -0.2) is 9.18 Å². The second-order valence-electron chi connectivity index (χ2n) is 6.26. The average molecular weight is 361 g/mol. The largest absolute Gasteiger partial charge is 0.392 e. The molecule has 2 heterocycles. The van der Waals surface area contributed by atoms with Gasteiger partial charge in [0.25, 0.3) is 5.56 Å². The van der Waals surface area contributed by atoms with E-state index in [9.17, 15) is 19.1 Å². The lowest BCUT2D eigenvalue weighted by atomic mass is 10.2. The zero-order valence-electron chi connectivity index (χ0n) is 14.7. The van der Waals surface area contributed by atoms with Gasteiger partial charge in [-0.1, -0.05) is 12.1 Å². The molecule has 2 N–H and O–H groups in total. The van der Waals surface area contributed by atoms with Gasteiger partial charge >= 0.3 is 5.69 Å². The summed E-state index contributed by atoms with van der Waals surface area (Å²) in [7, 11) is 3.20. The van der Waals surface area contributed by atoms with Crippen LogP contribution in [0.2, 0.25) is 0 Å². The highest BCUT2D eigenvalue weighted by molar-refractivity contribution is 5.74. The average Bonchev–Trinajstić information content (AvgIpc) is 2.93. The number of aryl methyl sites for hydroxylation is 2. The van der Waals surface area contributed by atoms with Crippen molar-refractivity contribution in [3.63, 3.8) is 0 Å². The van der Waals surface area contributed by atoms with Crippen molar-refractivity contribution in [2.45, 2.75) is 19.6 Å². The molecule has 0 amide bonds. The number of nitrogens with zero attached hydrogens (tertiary/aromatic N) is 4. The first-order chi connectivity index (χ1) is 12.3. The number of halogens is 1. The first-order valence-electron chi connectivity index (χ1n) is 8.12. The minimum atomic E-state index is -0.589. The Kier molecular flexibility index (Phi) is 4.64. The van der Waals surface area contributed by atoms with E-state index in [1.165, 1.54) is 35.9 Å². The molecule has 138 valence electrons. The molecule has 0 fully saturated rings. The Balaban J connectivity index is 2.13. The lowest BCUT2D eigenvalue weighted by molar-refractivity contribution is 0.208. The first kappa shape index (κ1) is 17.9. The summed E-state index contributed by atoms with van der Waals surface area (Å²) in [6, 6.07) is 5.63. The molecule has 0 unspecified atom stereocenters. The summed E-state index contributed by atoms with van der Waals surface area (Å²) in [6.07, 6.45) is -0.589. The number of aromatic nitrogens is 4. The predicted molar refractivity (Wildman–Crippen MR) is 95.9 cm³/mol. The highest BCUT2D eigenvalue weighted by atomic mass is 19.1. The summed E-state index contributed by atoms with van der Waals surface area (Å²) in [6.45, 7) is 1.92. The lowest BCUT2D eigenvalue weighted by Gasteiger charge is -2.09. The molecule has 1 atom stereocenters. The molecule has 0 spiro atoms. The van der Waals surface area contributed by atoms with Crippen LogP contribution in [-0.2, 0) is 20.6 Å². The van der Waals surface area contributed by atoms with Crippen molar-refractivity contribution < 1.29 is 9.50 Å². The molecule has 0 bridgehead atoms. The fourth-order valence-electron chi connectivity index (χ4n) is 2.75. The van der Waals surface area contributed by atoms with Crippen molar-refractivity contribution in [2.24, 2.45) is 14.1 Å². The SMILES string of the molecule is C[C@H](O)CNc1nc2c(c(=O)n(Cc3ccc(F)cc3)c(=O)n2C)n1C. The second-order valence-corrected chi connectivity index (χ2v) is 6.26. The molecule has 0 saturated heterocycles. The van der Waals surface area contributed by atoms with E-state index >= 15 is 0 Å². The van der Waals surface area contributed by atoms with Crippen LogP contribution in [-0.4, -0.2) is 36.4 Å². The summed E-state index contributed by atoms with van der Waals surface area (Å²) in [5.74, 6) is -0.00236. The molecule has 3 aromatic rings. The van der Waals surface area contributed by atoms with Gasteiger partial charge in [0.2, 0.25) is 5.95 Å². The van der Waals surface area contributed by atoms with E-state index in [1.54, 1.807) is 18.5 Å². The third-order valence-corrected chi connectivity index (χ3v) is 4.17. The monoisotopic (exact) mass is 361 g/mol. The summed E-state index contributed by atoms with van der Waals surface area (Å²) in [5.41, 5.74) is 0.173. The van der Waals surface area contributed by atoms with E-state index in [0.717, 1.165) is 4.57 Å². The van der Waals surface area contributed by atoms with Crippen molar-refractivity contribution in [3.05, 3.63) is 56.5 Å². The van der Waals surface area contributed by atoms with Crippen molar-refractivity contribution in [1.82, 2.24) is 18.7 Å². The number of imidazole rings is 1. The smallest absolute Gasteiger partial charge is 0.332 e. The van der Waals surface area contributed by atoms with Crippen molar-refractivity contribution in [2.75, 3.05) is 11.9 Å². The zero-order valence-corrected chi connectivity index (χ0v) is 14.7. The molecule has 0 aliphatic heterocycles. The molecule has 26 heavy (non-hydrogen) atoms. The summed E-state index contributed by atoms with van der Waals surface area (Å²) in [4.78, 5) is 29.8. The van der Waals surface area contributed by atoms with Crippen LogP contribution in [0.1, 0.15) is 12.5 Å². The molecule has 3 rings (SSSR count). The van der Waals surface area contributed by atoms with Crippen molar-refractivity contribution in [1.29, 1.82) is 0 Å². The van der Waals surface area contributed by atoms with E-state index in [0.29, 0.717) is 11.5 Å². The predicted octanol–water partition coefficient (Wildman–Crippen LogP) is 0.414. The van der Waals surface area contributed by atoms with E-state index in [-0.39, 0.29) is 30.1 Å². The molecule has 9 heteroatoms. The number of anilines is 1. The fraction of sp³-hybridized carbons (Fsp3) is 0.353. The standard InChI is InChI=1S/C17H20FN5O3/c1-10(24)8-19-16-20-14-13(21(16)2)15(25)23(17(26)22(14)3)9-11-4-6-12(18)7-5-11/h4-7,10,24H,8-9H2,1-3H3,(H,19,20)/t10-/m0/s1. The Morgan fingerprint density at radius 3 is 2.46 bits per heavy atom. The number of rotatable bonds is 5. The van der Waals surface area contributed by atoms with Crippen molar-refractivity contribution >= 4 is 17.1 Å². The first-order valence-corrected chi connectivity index (χ1v) is 8.12. The third kappa shape index (κ3) is 3.13. The Hall–Kier alpha value is -2.94. The van der Waals surface area contributed by atoms with E-state index in [2.05, 4.69) is 10.3 Å². The minimum absolute atomic E-state index is 0.0311. The molecule has 8 nitrogen and oxygen atoms in total. The normalized spacial score (nSPS) is 12.5. The quantitative estimate of drug-likeness (QED) is 0.687. The Morgan fingerprint density at radius 1 is 1.19 bits per heavy atom. The van der Waals surface area contributed by atoms with Crippen LogP contribution in [0.25, 0.3) is 11.2 Å². The molecule has 1 aromatic carbocycles. The van der Waals surface area contributed by atoms with Crippen LogP contribution in [0.4, 0.5) is 10.3 Å². The summed E-state index contributed by atoms with van der Waals surface area (Å²) >= 11 is 0. The molecule has 0 radical (unpaired) electrons. The fourth-order valence-corrected chi connectivity index (χ4v) is 2.75. The molecule has 2 aromatic heterocycles. The highest BCUT2D eigenvalue weighted by Gasteiger charge is 2.18. The van der Waals surface area contributed by atoms with Gasteiger partial charge < -0.3 is 15.0 Å². The van der Waals surface area contributed by atoms with Gasteiger partial charge in [0.1, 0.15) is 5.82 Å². The van der Waals surface area contributed by atoms with Crippen LogP contribution < -0.4 is 16.6 Å². The van der Waals surface area contributed by atoms with Crippen LogP contribution in [0.5, 0.6) is 0 Å². The summed E-state index contributed by atoms with van der Waals surface area (Å²) < 4.78 is 17.0. The molecular weight excluding hydrogens is 341 g/mol.